The highest BCUT2D eigenvalue weighted by atomic mass is 127. The first kappa shape index (κ1) is 15.9. The molecule has 4 N–H and O–H groups in total. The first-order valence-corrected chi connectivity index (χ1v) is 7.04. The molecule has 0 atom stereocenters. The normalized spacial score (nSPS) is 12.2. The Balaban J connectivity index is 3.38. The van der Waals surface area contributed by atoms with Gasteiger partial charge in [-0.25, -0.2) is 0 Å². The third-order valence-corrected chi connectivity index (χ3v) is 4.59. The lowest BCUT2D eigenvalue weighted by Gasteiger charge is -2.39. The van der Waals surface area contributed by atoms with Crippen LogP contribution in [-0.2, 0) is 16.0 Å². The summed E-state index contributed by atoms with van der Waals surface area (Å²) in [5, 5.41) is 0. The van der Waals surface area contributed by atoms with Crippen LogP contribution < -0.4 is 11.5 Å². The first-order valence-electron chi connectivity index (χ1n) is 5.96. The minimum Gasteiger partial charge on any atom is -0.369 e. The Morgan fingerprint density at radius 3 is 1.95 bits per heavy atom. The quantitative estimate of drug-likeness (QED) is 0.623. The maximum Gasteiger partial charge on any atom is 0.233 e. The second kappa shape index (κ2) is 5.48. The SMILES string of the molecule is CC(C)(C)C(Cc1ccccc1I)(C(N)=O)C(N)=O. The zero-order chi connectivity index (χ0) is 14.8. The molecular weight excluding hydrogens is 355 g/mol. The van der Waals surface area contributed by atoms with Gasteiger partial charge in [0.25, 0.3) is 0 Å². The molecule has 1 aromatic rings. The fraction of sp³-hybridized carbons (Fsp3) is 0.429. The van der Waals surface area contributed by atoms with E-state index < -0.39 is 22.6 Å². The van der Waals surface area contributed by atoms with Gasteiger partial charge in [0.15, 0.2) is 0 Å². The molecule has 0 fully saturated rings. The number of hydrogen-bond acceptors (Lipinski definition) is 2. The maximum absolute atomic E-state index is 11.9. The Kier molecular flexibility index (Phi) is 4.60. The maximum atomic E-state index is 11.9. The number of benzene rings is 1. The molecule has 0 saturated carbocycles. The number of hydrogen-bond donors (Lipinski definition) is 2. The topological polar surface area (TPSA) is 86.2 Å². The smallest absolute Gasteiger partial charge is 0.233 e. The molecule has 0 heterocycles. The Morgan fingerprint density at radius 1 is 1.11 bits per heavy atom. The Morgan fingerprint density at radius 2 is 1.58 bits per heavy atom. The molecule has 1 rings (SSSR count). The summed E-state index contributed by atoms with van der Waals surface area (Å²) in [4.78, 5) is 23.9. The van der Waals surface area contributed by atoms with Crippen molar-refractivity contribution in [2.45, 2.75) is 27.2 Å². The Hall–Kier alpha value is -1.11. The van der Waals surface area contributed by atoms with Crippen LogP contribution in [0.4, 0.5) is 0 Å². The monoisotopic (exact) mass is 374 g/mol. The van der Waals surface area contributed by atoms with E-state index in [1.165, 1.54) is 0 Å². The third-order valence-electron chi connectivity index (χ3n) is 3.54. The highest BCUT2D eigenvalue weighted by Gasteiger charge is 2.52. The van der Waals surface area contributed by atoms with Crippen molar-refractivity contribution < 1.29 is 9.59 Å². The van der Waals surface area contributed by atoms with E-state index in [2.05, 4.69) is 22.6 Å². The number of halogens is 1. The van der Waals surface area contributed by atoms with Crippen molar-refractivity contribution in [1.82, 2.24) is 0 Å². The predicted octanol–water partition coefficient (Wildman–Crippen LogP) is 1.84. The number of rotatable bonds is 4. The zero-order valence-corrected chi connectivity index (χ0v) is 13.5. The summed E-state index contributed by atoms with van der Waals surface area (Å²) in [7, 11) is 0. The van der Waals surface area contributed by atoms with Gasteiger partial charge >= 0.3 is 0 Å². The number of carbonyl (C=O) groups is 2. The van der Waals surface area contributed by atoms with Crippen LogP contribution in [-0.4, -0.2) is 11.8 Å². The second-order valence-corrected chi connectivity index (χ2v) is 6.81. The van der Waals surface area contributed by atoms with Gasteiger partial charge in [-0.05, 0) is 46.1 Å². The first-order chi connectivity index (χ1) is 8.63. The van der Waals surface area contributed by atoms with Crippen LogP contribution in [0.2, 0.25) is 0 Å². The molecule has 1 aromatic carbocycles. The van der Waals surface area contributed by atoms with Gasteiger partial charge in [-0.3, -0.25) is 9.59 Å². The molecule has 2 amide bonds. The van der Waals surface area contributed by atoms with Crippen LogP contribution in [0.3, 0.4) is 0 Å². The molecule has 4 nitrogen and oxygen atoms in total. The summed E-state index contributed by atoms with van der Waals surface area (Å²) in [6.45, 7) is 5.41. The summed E-state index contributed by atoms with van der Waals surface area (Å²) < 4.78 is 0.983. The van der Waals surface area contributed by atoms with E-state index in [1.807, 2.05) is 24.3 Å². The van der Waals surface area contributed by atoms with E-state index in [4.69, 9.17) is 11.5 Å². The van der Waals surface area contributed by atoms with E-state index in [1.54, 1.807) is 20.8 Å². The molecule has 0 spiro atoms. The van der Waals surface area contributed by atoms with E-state index >= 15 is 0 Å². The van der Waals surface area contributed by atoms with Gasteiger partial charge in [0.2, 0.25) is 11.8 Å². The molecule has 0 radical (unpaired) electrons. The minimum atomic E-state index is -1.39. The summed E-state index contributed by atoms with van der Waals surface area (Å²) >= 11 is 2.17. The standard InChI is InChI=1S/C14H19IN2O2/c1-13(2,3)14(11(16)18,12(17)19)8-9-6-4-5-7-10(9)15/h4-7H,8H2,1-3H3,(H2,16,18)(H2,17,19). The molecule has 0 aliphatic carbocycles. The Labute approximate surface area is 127 Å². The van der Waals surface area contributed by atoms with Gasteiger partial charge in [0.05, 0.1) is 0 Å². The molecule has 19 heavy (non-hydrogen) atoms. The molecule has 104 valence electrons. The van der Waals surface area contributed by atoms with Crippen LogP contribution in [0.15, 0.2) is 24.3 Å². The van der Waals surface area contributed by atoms with Crippen molar-refractivity contribution in [3.63, 3.8) is 0 Å². The number of nitrogens with two attached hydrogens (primary N) is 2. The lowest BCUT2D eigenvalue weighted by molar-refractivity contribution is -0.147. The van der Waals surface area contributed by atoms with E-state index in [9.17, 15) is 9.59 Å². The van der Waals surface area contributed by atoms with Crippen molar-refractivity contribution in [3.05, 3.63) is 33.4 Å². The van der Waals surface area contributed by atoms with E-state index in [0.717, 1.165) is 9.13 Å². The van der Waals surface area contributed by atoms with Gasteiger partial charge in [0, 0.05) is 3.57 Å². The second-order valence-electron chi connectivity index (χ2n) is 5.65. The predicted molar refractivity (Wildman–Crippen MR) is 83.1 cm³/mol. The summed E-state index contributed by atoms with van der Waals surface area (Å²) in [5.74, 6) is -1.35. The number of amides is 2. The molecule has 0 aliphatic rings. The molecule has 0 unspecified atom stereocenters. The molecule has 5 heteroatoms. The van der Waals surface area contributed by atoms with Gasteiger partial charge in [-0.1, -0.05) is 39.0 Å². The number of primary amides is 2. The van der Waals surface area contributed by atoms with Gasteiger partial charge in [0.1, 0.15) is 5.41 Å². The molecular formula is C14H19IN2O2. The summed E-state index contributed by atoms with van der Waals surface area (Å²) in [5.41, 5.74) is 9.88. The van der Waals surface area contributed by atoms with Crippen LogP contribution in [0.25, 0.3) is 0 Å². The lowest BCUT2D eigenvalue weighted by atomic mass is 9.62. The third kappa shape index (κ3) is 2.91. The van der Waals surface area contributed by atoms with Crippen molar-refractivity contribution in [2.24, 2.45) is 22.3 Å². The molecule has 0 bridgehead atoms. The van der Waals surface area contributed by atoms with Crippen LogP contribution in [0.1, 0.15) is 26.3 Å². The minimum absolute atomic E-state index is 0.223. The van der Waals surface area contributed by atoms with Crippen LogP contribution >= 0.6 is 22.6 Å². The van der Waals surface area contributed by atoms with Crippen molar-refractivity contribution in [2.75, 3.05) is 0 Å². The van der Waals surface area contributed by atoms with E-state index in [0.29, 0.717) is 0 Å². The van der Waals surface area contributed by atoms with Crippen molar-refractivity contribution >= 4 is 34.4 Å². The zero-order valence-electron chi connectivity index (χ0n) is 11.4. The van der Waals surface area contributed by atoms with Crippen molar-refractivity contribution in [3.8, 4) is 0 Å². The highest BCUT2D eigenvalue weighted by molar-refractivity contribution is 14.1. The summed E-state index contributed by atoms with van der Waals surface area (Å²) in [6, 6.07) is 7.57. The van der Waals surface area contributed by atoms with Crippen molar-refractivity contribution in [1.29, 1.82) is 0 Å². The molecule has 0 aliphatic heterocycles. The Bertz CT molecular complexity index is 492. The largest absolute Gasteiger partial charge is 0.369 e. The average molecular weight is 374 g/mol. The van der Waals surface area contributed by atoms with Gasteiger partial charge < -0.3 is 11.5 Å². The average Bonchev–Trinajstić information content (AvgIpc) is 2.25. The fourth-order valence-electron chi connectivity index (χ4n) is 2.23. The highest BCUT2D eigenvalue weighted by Crippen LogP contribution is 2.42. The summed E-state index contributed by atoms with van der Waals surface area (Å²) in [6.07, 6.45) is 0.223. The van der Waals surface area contributed by atoms with E-state index in [-0.39, 0.29) is 6.42 Å². The van der Waals surface area contributed by atoms with Crippen LogP contribution in [0.5, 0.6) is 0 Å². The lowest BCUT2D eigenvalue weighted by Crippen LogP contribution is -2.57. The molecule has 0 saturated heterocycles. The molecule has 0 aromatic heterocycles. The fourth-order valence-corrected chi connectivity index (χ4v) is 2.81. The van der Waals surface area contributed by atoms with Gasteiger partial charge in [-0.2, -0.15) is 0 Å². The number of carbonyl (C=O) groups excluding carboxylic acids is 2. The van der Waals surface area contributed by atoms with Crippen LogP contribution in [0, 0.1) is 14.4 Å². The van der Waals surface area contributed by atoms with Gasteiger partial charge in [-0.15, -0.1) is 0 Å².